The standard InChI is InChI=1S/C7H6N2O2/c1-4-5-6(7(10)11-4)9-3-2-8-5/h2-4H,1H3. The Hall–Kier alpha value is -1.45. The summed E-state index contributed by atoms with van der Waals surface area (Å²) in [4.78, 5) is 18.8. The number of rotatable bonds is 0. The summed E-state index contributed by atoms with van der Waals surface area (Å²) in [5.74, 6) is -0.374. The number of esters is 1. The minimum absolute atomic E-state index is 0.244. The van der Waals surface area contributed by atoms with Crippen molar-refractivity contribution < 1.29 is 9.53 Å². The van der Waals surface area contributed by atoms with Crippen molar-refractivity contribution >= 4 is 5.97 Å². The van der Waals surface area contributed by atoms with Crippen molar-refractivity contribution in [3.63, 3.8) is 0 Å². The van der Waals surface area contributed by atoms with E-state index in [1.807, 2.05) is 0 Å². The summed E-state index contributed by atoms with van der Waals surface area (Å²) < 4.78 is 4.87. The Balaban J connectivity index is 2.60. The molecule has 0 amide bonds. The zero-order chi connectivity index (χ0) is 7.84. The van der Waals surface area contributed by atoms with Gasteiger partial charge in [0.15, 0.2) is 5.69 Å². The van der Waals surface area contributed by atoms with Crippen LogP contribution in [-0.2, 0) is 4.74 Å². The van der Waals surface area contributed by atoms with Crippen molar-refractivity contribution in [3.8, 4) is 0 Å². The van der Waals surface area contributed by atoms with Gasteiger partial charge < -0.3 is 4.74 Å². The molecule has 1 aliphatic rings. The summed E-state index contributed by atoms with van der Waals surface area (Å²) in [5.41, 5.74) is 0.984. The molecule has 1 aromatic heterocycles. The molecule has 0 fully saturated rings. The van der Waals surface area contributed by atoms with Gasteiger partial charge in [-0.25, -0.2) is 9.78 Å². The van der Waals surface area contributed by atoms with E-state index < -0.39 is 0 Å². The Morgan fingerprint density at radius 3 is 2.91 bits per heavy atom. The van der Waals surface area contributed by atoms with Crippen molar-refractivity contribution in [2.24, 2.45) is 0 Å². The second-order valence-corrected chi connectivity index (χ2v) is 2.34. The summed E-state index contributed by atoms with van der Waals surface area (Å²) in [6.07, 6.45) is 2.79. The van der Waals surface area contributed by atoms with Gasteiger partial charge in [0.25, 0.3) is 0 Å². The van der Waals surface area contributed by atoms with Crippen LogP contribution in [0.25, 0.3) is 0 Å². The van der Waals surface area contributed by atoms with Gasteiger partial charge >= 0.3 is 5.97 Å². The topological polar surface area (TPSA) is 52.1 Å². The van der Waals surface area contributed by atoms with Gasteiger partial charge in [-0.05, 0) is 6.92 Å². The third-order valence-electron chi connectivity index (χ3n) is 1.59. The lowest BCUT2D eigenvalue weighted by atomic mass is 10.2. The average Bonchev–Trinajstić information content (AvgIpc) is 2.30. The van der Waals surface area contributed by atoms with Crippen LogP contribution in [0, 0.1) is 0 Å². The van der Waals surface area contributed by atoms with Gasteiger partial charge in [0.1, 0.15) is 11.8 Å². The van der Waals surface area contributed by atoms with Crippen LogP contribution in [0.2, 0.25) is 0 Å². The number of fused-ring (bicyclic) bond motifs is 1. The van der Waals surface area contributed by atoms with Crippen LogP contribution in [0.3, 0.4) is 0 Å². The maximum absolute atomic E-state index is 11.0. The first-order valence-corrected chi connectivity index (χ1v) is 3.31. The number of hydrogen-bond donors (Lipinski definition) is 0. The summed E-state index contributed by atoms with van der Waals surface area (Å²) in [5, 5.41) is 0. The molecule has 11 heavy (non-hydrogen) atoms. The van der Waals surface area contributed by atoms with E-state index in [9.17, 15) is 4.79 Å². The van der Waals surface area contributed by atoms with E-state index >= 15 is 0 Å². The second kappa shape index (κ2) is 2.02. The lowest BCUT2D eigenvalue weighted by Gasteiger charge is -1.98. The molecule has 0 saturated carbocycles. The number of aromatic nitrogens is 2. The van der Waals surface area contributed by atoms with Crippen LogP contribution >= 0.6 is 0 Å². The van der Waals surface area contributed by atoms with Gasteiger partial charge in [-0.3, -0.25) is 4.98 Å². The molecule has 0 aromatic carbocycles. The third kappa shape index (κ3) is 0.790. The number of nitrogens with zero attached hydrogens (tertiary/aromatic N) is 2. The summed E-state index contributed by atoms with van der Waals surface area (Å²) >= 11 is 0. The molecule has 0 radical (unpaired) electrons. The molecule has 4 heteroatoms. The molecule has 0 N–H and O–H groups in total. The normalized spacial score (nSPS) is 21.2. The van der Waals surface area contributed by atoms with Crippen LogP contribution in [0.15, 0.2) is 12.4 Å². The molecule has 1 atom stereocenters. The van der Waals surface area contributed by atoms with Gasteiger partial charge in [0.05, 0.1) is 0 Å². The van der Waals surface area contributed by atoms with Gasteiger partial charge in [-0.2, -0.15) is 0 Å². The van der Waals surface area contributed by atoms with Gasteiger partial charge in [-0.15, -0.1) is 0 Å². The fraction of sp³-hybridized carbons (Fsp3) is 0.286. The van der Waals surface area contributed by atoms with Crippen molar-refractivity contribution in [2.75, 3.05) is 0 Å². The van der Waals surface area contributed by atoms with Crippen molar-refractivity contribution in [1.29, 1.82) is 0 Å². The zero-order valence-electron chi connectivity index (χ0n) is 5.94. The fourth-order valence-corrected chi connectivity index (χ4v) is 1.08. The minimum Gasteiger partial charge on any atom is -0.451 e. The van der Waals surface area contributed by atoms with Crippen molar-refractivity contribution in [1.82, 2.24) is 9.97 Å². The Morgan fingerprint density at radius 1 is 1.45 bits per heavy atom. The predicted molar refractivity (Wildman–Crippen MR) is 35.9 cm³/mol. The number of cyclic esters (lactones) is 1. The number of carbonyl (C=O) groups is 1. The number of ether oxygens (including phenoxy) is 1. The quantitative estimate of drug-likeness (QED) is 0.511. The molecular weight excluding hydrogens is 144 g/mol. The molecule has 0 bridgehead atoms. The van der Waals surface area contributed by atoms with Crippen LogP contribution < -0.4 is 0 Å². The Labute approximate surface area is 63.2 Å². The molecule has 1 unspecified atom stereocenters. The first-order valence-electron chi connectivity index (χ1n) is 3.31. The lowest BCUT2D eigenvalue weighted by Crippen LogP contribution is -1.97. The number of hydrogen-bond acceptors (Lipinski definition) is 4. The van der Waals surface area contributed by atoms with Crippen LogP contribution in [0.4, 0.5) is 0 Å². The Kier molecular flexibility index (Phi) is 1.15. The van der Waals surface area contributed by atoms with E-state index in [0.29, 0.717) is 11.4 Å². The molecule has 0 aliphatic carbocycles. The third-order valence-corrected chi connectivity index (χ3v) is 1.59. The molecular formula is C7H6N2O2. The largest absolute Gasteiger partial charge is 0.451 e. The number of carbonyl (C=O) groups excluding carboxylic acids is 1. The Morgan fingerprint density at radius 2 is 2.18 bits per heavy atom. The first kappa shape index (κ1) is 6.27. The van der Waals surface area contributed by atoms with Crippen molar-refractivity contribution in [2.45, 2.75) is 13.0 Å². The second-order valence-electron chi connectivity index (χ2n) is 2.34. The SMILES string of the molecule is CC1OC(=O)c2nccnc21. The van der Waals surface area contributed by atoms with E-state index in [1.54, 1.807) is 13.1 Å². The first-order chi connectivity index (χ1) is 5.29. The summed E-state index contributed by atoms with van der Waals surface area (Å²) in [6, 6.07) is 0. The van der Waals surface area contributed by atoms with E-state index in [4.69, 9.17) is 4.74 Å². The van der Waals surface area contributed by atoms with Crippen LogP contribution in [0.5, 0.6) is 0 Å². The average molecular weight is 150 g/mol. The van der Waals surface area contributed by atoms with Crippen LogP contribution in [-0.4, -0.2) is 15.9 Å². The maximum Gasteiger partial charge on any atom is 0.359 e. The summed E-state index contributed by atoms with van der Waals surface area (Å²) in [7, 11) is 0. The van der Waals surface area contributed by atoms with E-state index in [1.165, 1.54) is 6.20 Å². The molecule has 1 aromatic rings. The summed E-state index contributed by atoms with van der Waals surface area (Å²) in [6.45, 7) is 1.78. The van der Waals surface area contributed by atoms with E-state index in [2.05, 4.69) is 9.97 Å². The van der Waals surface area contributed by atoms with Crippen LogP contribution in [0.1, 0.15) is 29.2 Å². The highest BCUT2D eigenvalue weighted by atomic mass is 16.5. The lowest BCUT2D eigenvalue weighted by molar-refractivity contribution is 0.0414. The molecule has 56 valence electrons. The molecule has 0 spiro atoms. The smallest absolute Gasteiger partial charge is 0.359 e. The highest BCUT2D eigenvalue weighted by Gasteiger charge is 2.29. The monoisotopic (exact) mass is 150 g/mol. The molecule has 2 heterocycles. The van der Waals surface area contributed by atoms with Gasteiger partial charge in [0, 0.05) is 12.4 Å². The molecule has 1 aliphatic heterocycles. The van der Waals surface area contributed by atoms with Crippen molar-refractivity contribution in [3.05, 3.63) is 23.8 Å². The molecule has 0 saturated heterocycles. The minimum atomic E-state index is -0.374. The van der Waals surface area contributed by atoms with E-state index in [0.717, 1.165) is 0 Å². The Bertz CT molecular complexity index is 311. The molecule has 2 rings (SSSR count). The zero-order valence-corrected chi connectivity index (χ0v) is 5.94. The highest BCUT2D eigenvalue weighted by Crippen LogP contribution is 2.25. The maximum atomic E-state index is 11.0. The van der Waals surface area contributed by atoms with Gasteiger partial charge in [-0.1, -0.05) is 0 Å². The highest BCUT2D eigenvalue weighted by molar-refractivity contribution is 5.91. The fourth-order valence-electron chi connectivity index (χ4n) is 1.08. The molecule has 4 nitrogen and oxygen atoms in total. The predicted octanol–water partition coefficient (Wildman–Crippen LogP) is 0.708. The van der Waals surface area contributed by atoms with Gasteiger partial charge in [0.2, 0.25) is 0 Å². The van der Waals surface area contributed by atoms with E-state index in [-0.39, 0.29) is 12.1 Å².